The molecule has 0 spiro atoms. The lowest BCUT2D eigenvalue weighted by molar-refractivity contribution is -0.137. The highest BCUT2D eigenvalue weighted by Crippen LogP contribution is 2.41. The Morgan fingerprint density at radius 1 is 1.20 bits per heavy atom. The van der Waals surface area contributed by atoms with Crippen LogP contribution in [-0.2, 0) is 12.7 Å². The van der Waals surface area contributed by atoms with Gasteiger partial charge >= 0.3 is 6.18 Å². The molecule has 0 saturated carbocycles. The zero-order valence-corrected chi connectivity index (χ0v) is 17.0. The van der Waals surface area contributed by atoms with Crippen LogP contribution in [0.1, 0.15) is 35.0 Å². The second-order valence-corrected chi connectivity index (χ2v) is 8.62. The van der Waals surface area contributed by atoms with E-state index < -0.39 is 17.6 Å². The first-order valence-corrected chi connectivity index (χ1v) is 10.3. The van der Waals surface area contributed by atoms with Gasteiger partial charge in [0.1, 0.15) is 0 Å². The van der Waals surface area contributed by atoms with Crippen molar-refractivity contribution in [3.63, 3.8) is 0 Å². The fourth-order valence-corrected chi connectivity index (χ4v) is 4.40. The lowest BCUT2D eigenvalue weighted by atomic mass is 10.1. The van der Waals surface area contributed by atoms with Gasteiger partial charge in [0.2, 0.25) is 0 Å². The third-order valence-corrected chi connectivity index (χ3v) is 6.09. The fraction of sp³-hybridized carbons (Fsp3) is 0.286. The van der Waals surface area contributed by atoms with Crippen LogP contribution in [0.3, 0.4) is 0 Å². The summed E-state index contributed by atoms with van der Waals surface area (Å²) in [5.74, 6) is -0.454. The van der Waals surface area contributed by atoms with E-state index in [-0.39, 0.29) is 16.6 Å². The Labute approximate surface area is 175 Å². The third kappa shape index (κ3) is 4.35. The van der Waals surface area contributed by atoms with E-state index in [0.29, 0.717) is 24.4 Å². The van der Waals surface area contributed by atoms with E-state index in [4.69, 9.17) is 0 Å². The first-order chi connectivity index (χ1) is 14.3. The van der Waals surface area contributed by atoms with Crippen molar-refractivity contribution in [2.45, 2.75) is 36.2 Å². The van der Waals surface area contributed by atoms with Crippen LogP contribution in [0.15, 0.2) is 59.6 Å². The average Bonchev–Trinajstić information content (AvgIpc) is 3.10. The van der Waals surface area contributed by atoms with Crippen molar-refractivity contribution in [1.29, 1.82) is 0 Å². The van der Waals surface area contributed by atoms with Crippen molar-refractivity contribution in [1.82, 2.24) is 15.0 Å². The van der Waals surface area contributed by atoms with Gasteiger partial charge in [-0.15, -0.1) is 16.9 Å². The summed E-state index contributed by atoms with van der Waals surface area (Å²) in [4.78, 5) is 15.2. The van der Waals surface area contributed by atoms with Crippen molar-refractivity contribution in [2.75, 3.05) is 11.4 Å². The van der Waals surface area contributed by atoms with E-state index >= 15 is 0 Å². The molecule has 0 N–H and O–H groups in total. The van der Waals surface area contributed by atoms with Gasteiger partial charge in [0.25, 0.3) is 5.91 Å². The van der Waals surface area contributed by atoms with Crippen LogP contribution in [0, 0.1) is 0 Å². The molecule has 30 heavy (non-hydrogen) atoms. The number of hydrogen-bond acceptors (Lipinski definition) is 4. The standard InChI is InChI=1S/C21H19F3N4OS/c1-14-9-10-28(18-11-16(21(22,23)24)7-8-19(18)30-14)20(29)17-13-27(26-25-17)12-15-5-3-2-4-6-15/h2-8,11,13-14H,9-10,12H2,1H3. The molecule has 0 radical (unpaired) electrons. The molecule has 1 aromatic heterocycles. The van der Waals surface area contributed by atoms with E-state index in [0.717, 1.165) is 17.7 Å². The van der Waals surface area contributed by atoms with Crippen LogP contribution in [0.5, 0.6) is 0 Å². The third-order valence-electron chi connectivity index (χ3n) is 4.85. The number of benzene rings is 2. The van der Waals surface area contributed by atoms with Gasteiger partial charge in [-0.2, -0.15) is 13.2 Å². The molecule has 156 valence electrons. The van der Waals surface area contributed by atoms with Gasteiger partial charge in [0.05, 0.1) is 24.0 Å². The number of thioether (sulfide) groups is 1. The van der Waals surface area contributed by atoms with Gasteiger partial charge < -0.3 is 4.90 Å². The molecular weight excluding hydrogens is 413 g/mol. The number of hydrogen-bond donors (Lipinski definition) is 0. The van der Waals surface area contributed by atoms with Crippen molar-refractivity contribution < 1.29 is 18.0 Å². The summed E-state index contributed by atoms with van der Waals surface area (Å²) in [5, 5.41) is 8.16. The molecule has 0 aliphatic carbocycles. The van der Waals surface area contributed by atoms with Gasteiger partial charge in [-0.1, -0.05) is 42.5 Å². The number of halogens is 3. The Balaban J connectivity index is 1.64. The van der Waals surface area contributed by atoms with E-state index in [1.54, 1.807) is 4.68 Å². The minimum Gasteiger partial charge on any atom is -0.306 e. The highest BCUT2D eigenvalue weighted by Gasteiger charge is 2.34. The van der Waals surface area contributed by atoms with E-state index in [1.165, 1.54) is 28.9 Å². The molecule has 5 nitrogen and oxygen atoms in total. The number of carbonyl (C=O) groups excluding carboxylic acids is 1. The SMILES string of the molecule is CC1CCN(C(=O)c2cn(Cc3ccccc3)nn2)c2cc(C(F)(F)F)ccc2S1. The number of rotatable bonds is 3. The Morgan fingerprint density at radius 3 is 2.70 bits per heavy atom. The summed E-state index contributed by atoms with van der Waals surface area (Å²) in [6.07, 6.45) is -2.29. The van der Waals surface area contributed by atoms with Gasteiger partial charge in [0.15, 0.2) is 5.69 Å². The van der Waals surface area contributed by atoms with Crippen LogP contribution < -0.4 is 4.90 Å². The minimum absolute atomic E-state index is 0.105. The molecule has 1 unspecified atom stereocenters. The number of nitrogens with zero attached hydrogens (tertiary/aromatic N) is 4. The van der Waals surface area contributed by atoms with E-state index in [9.17, 15) is 18.0 Å². The Morgan fingerprint density at radius 2 is 1.97 bits per heavy atom. The smallest absolute Gasteiger partial charge is 0.306 e. The molecule has 1 aliphatic rings. The lowest BCUT2D eigenvalue weighted by Gasteiger charge is -2.22. The number of fused-ring (bicyclic) bond motifs is 1. The van der Waals surface area contributed by atoms with Crippen molar-refractivity contribution >= 4 is 23.4 Å². The number of amides is 1. The number of carbonyl (C=O) groups is 1. The van der Waals surface area contributed by atoms with Crippen LogP contribution in [0.2, 0.25) is 0 Å². The normalized spacial score (nSPS) is 16.8. The summed E-state index contributed by atoms with van der Waals surface area (Å²) in [6.45, 7) is 2.76. The summed E-state index contributed by atoms with van der Waals surface area (Å²) in [7, 11) is 0. The van der Waals surface area contributed by atoms with Gasteiger partial charge in [-0.3, -0.25) is 4.79 Å². The molecule has 0 bridgehead atoms. The van der Waals surface area contributed by atoms with Gasteiger partial charge in [-0.25, -0.2) is 4.68 Å². The molecule has 1 aliphatic heterocycles. The highest BCUT2D eigenvalue weighted by atomic mass is 32.2. The molecule has 0 fully saturated rings. The zero-order valence-electron chi connectivity index (χ0n) is 16.1. The number of anilines is 1. The average molecular weight is 432 g/mol. The molecule has 1 atom stereocenters. The zero-order chi connectivity index (χ0) is 21.3. The molecular formula is C21H19F3N4OS. The maximum atomic E-state index is 13.3. The molecule has 0 saturated heterocycles. The first-order valence-electron chi connectivity index (χ1n) is 9.45. The largest absolute Gasteiger partial charge is 0.416 e. The van der Waals surface area contributed by atoms with Crippen molar-refractivity contribution in [3.8, 4) is 0 Å². The van der Waals surface area contributed by atoms with Gasteiger partial charge in [-0.05, 0) is 30.2 Å². The number of aromatic nitrogens is 3. The van der Waals surface area contributed by atoms with Crippen LogP contribution in [0.4, 0.5) is 18.9 Å². The molecule has 1 amide bonds. The maximum Gasteiger partial charge on any atom is 0.416 e. The Bertz CT molecular complexity index is 1050. The predicted octanol–water partition coefficient (Wildman–Crippen LogP) is 4.88. The molecule has 3 aromatic rings. The topological polar surface area (TPSA) is 51.0 Å². The second-order valence-electron chi connectivity index (χ2n) is 7.14. The second kappa shape index (κ2) is 8.14. The van der Waals surface area contributed by atoms with Crippen molar-refractivity contribution in [2.24, 2.45) is 0 Å². The Kier molecular flexibility index (Phi) is 5.55. The van der Waals surface area contributed by atoms with Crippen molar-refractivity contribution in [3.05, 3.63) is 71.5 Å². The van der Waals surface area contributed by atoms with Crippen LogP contribution in [-0.4, -0.2) is 32.7 Å². The summed E-state index contributed by atoms with van der Waals surface area (Å²) < 4.78 is 41.3. The Hall–Kier alpha value is -2.81. The van der Waals surface area contributed by atoms with E-state index in [1.807, 2.05) is 37.3 Å². The monoisotopic (exact) mass is 432 g/mol. The van der Waals surface area contributed by atoms with E-state index in [2.05, 4.69) is 10.3 Å². The van der Waals surface area contributed by atoms with Crippen LogP contribution >= 0.6 is 11.8 Å². The van der Waals surface area contributed by atoms with Crippen LogP contribution in [0.25, 0.3) is 0 Å². The minimum atomic E-state index is -4.48. The molecule has 4 rings (SSSR count). The maximum absolute atomic E-state index is 13.3. The summed E-state index contributed by atoms with van der Waals surface area (Å²) >= 11 is 1.47. The molecule has 9 heteroatoms. The predicted molar refractivity (Wildman–Crippen MR) is 109 cm³/mol. The quantitative estimate of drug-likeness (QED) is 0.592. The first kappa shape index (κ1) is 20.5. The fourth-order valence-electron chi connectivity index (χ4n) is 3.30. The molecule has 2 aromatic carbocycles. The highest BCUT2D eigenvalue weighted by molar-refractivity contribution is 8.00. The summed E-state index contributed by atoms with van der Waals surface area (Å²) in [5.41, 5.74) is 0.596. The number of alkyl halides is 3. The lowest BCUT2D eigenvalue weighted by Crippen LogP contribution is -2.32. The summed E-state index contributed by atoms with van der Waals surface area (Å²) in [6, 6.07) is 13.1. The molecule has 2 heterocycles. The van der Waals surface area contributed by atoms with Gasteiger partial charge in [0, 0.05) is 16.7 Å².